The first-order chi connectivity index (χ1) is 18.0. The summed E-state index contributed by atoms with van der Waals surface area (Å²) in [4.78, 5) is 71.5. The zero-order chi connectivity index (χ0) is 28.5. The number of amides is 4. The van der Waals surface area contributed by atoms with Crippen LogP contribution in [0.25, 0.3) is 0 Å². The van der Waals surface area contributed by atoms with Crippen molar-refractivity contribution in [3.63, 3.8) is 0 Å². The smallest absolute Gasteiger partial charge is 0.326 e. The molecule has 1 aromatic carbocycles. The van der Waals surface area contributed by atoms with Gasteiger partial charge in [0.15, 0.2) is 0 Å². The van der Waals surface area contributed by atoms with Crippen LogP contribution in [0.4, 0.5) is 0 Å². The molecular weight excluding hydrogens is 500 g/mol. The lowest BCUT2D eigenvalue weighted by Crippen LogP contribution is -2.53. The molecular formula is C24H36N6O8. The molecule has 0 bridgehead atoms. The molecule has 0 aliphatic heterocycles. The zero-order valence-corrected chi connectivity index (χ0v) is 21.0. The van der Waals surface area contributed by atoms with Crippen LogP contribution in [0.1, 0.15) is 37.7 Å². The SMILES string of the molecule is NCCCC[C@H](N)C(=O)NCC(=O)N[C@@H](Cc1ccccc1)C(=O)NCC(=O)N[C@@H](CCC(=O)O)C(=O)O. The number of benzene rings is 1. The minimum atomic E-state index is -1.44. The molecule has 210 valence electrons. The minimum Gasteiger partial charge on any atom is -0.481 e. The Morgan fingerprint density at radius 1 is 0.789 bits per heavy atom. The molecule has 0 saturated carbocycles. The Balaban J connectivity index is 2.71. The summed E-state index contributed by atoms with van der Waals surface area (Å²) in [6.45, 7) is -0.550. The number of nitrogens with one attached hydrogen (secondary N) is 4. The first kappa shape index (κ1) is 32.0. The summed E-state index contributed by atoms with van der Waals surface area (Å²) in [5, 5.41) is 27.3. The molecule has 0 spiro atoms. The number of carboxylic acids is 2. The van der Waals surface area contributed by atoms with E-state index in [0.717, 1.165) is 6.42 Å². The quantitative estimate of drug-likeness (QED) is 0.0944. The molecule has 0 aliphatic carbocycles. The van der Waals surface area contributed by atoms with E-state index in [1.54, 1.807) is 30.3 Å². The molecule has 1 rings (SSSR count). The summed E-state index contributed by atoms with van der Waals surface area (Å²) in [6, 6.07) is 5.38. The molecule has 0 radical (unpaired) electrons. The van der Waals surface area contributed by atoms with Crippen molar-refractivity contribution in [2.75, 3.05) is 19.6 Å². The fourth-order valence-corrected chi connectivity index (χ4v) is 3.30. The van der Waals surface area contributed by atoms with Gasteiger partial charge in [-0.25, -0.2) is 4.79 Å². The van der Waals surface area contributed by atoms with Gasteiger partial charge in [-0.3, -0.25) is 24.0 Å². The van der Waals surface area contributed by atoms with Crippen molar-refractivity contribution in [1.29, 1.82) is 0 Å². The molecule has 1 aromatic rings. The Labute approximate surface area is 219 Å². The number of hydrogen-bond donors (Lipinski definition) is 8. The van der Waals surface area contributed by atoms with Crippen LogP contribution in [0.3, 0.4) is 0 Å². The second-order valence-corrected chi connectivity index (χ2v) is 8.53. The van der Waals surface area contributed by atoms with Crippen molar-refractivity contribution in [3.05, 3.63) is 35.9 Å². The van der Waals surface area contributed by atoms with E-state index in [0.29, 0.717) is 24.9 Å². The van der Waals surface area contributed by atoms with Crippen LogP contribution in [0, 0.1) is 0 Å². The van der Waals surface area contributed by atoms with Crippen LogP contribution in [-0.4, -0.2) is 83.5 Å². The normalized spacial score (nSPS) is 12.9. The van der Waals surface area contributed by atoms with Crippen LogP contribution in [0.2, 0.25) is 0 Å². The van der Waals surface area contributed by atoms with Gasteiger partial charge in [0.1, 0.15) is 12.1 Å². The third-order valence-electron chi connectivity index (χ3n) is 5.37. The number of nitrogens with two attached hydrogens (primary N) is 2. The van der Waals surface area contributed by atoms with Gasteiger partial charge in [0, 0.05) is 12.8 Å². The van der Waals surface area contributed by atoms with Gasteiger partial charge in [-0.2, -0.15) is 0 Å². The second kappa shape index (κ2) is 17.4. The monoisotopic (exact) mass is 536 g/mol. The van der Waals surface area contributed by atoms with Gasteiger partial charge in [-0.1, -0.05) is 36.8 Å². The van der Waals surface area contributed by atoms with Crippen molar-refractivity contribution in [3.8, 4) is 0 Å². The Kier molecular flexibility index (Phi) is 14.7. The topological polar surface area (TPSA) is 243 Å². The van der Waals surface area contributed by atoms with Gasteiger partial charge in [0.2, 0.25) is 23.6 Å². The molecule has 38 heavy (non-hydrogen) atoms. The summed E-state index contributed by atoms with van der Waals surface area (Å²) in [7, 11) is 0. The lowest BCUT2D eigenvalue weighted by molar-refractivity contribution is -0.143. The third kappa shape index (κ3) is 13.3. The summed E-state index contributed by atoms with van der Waals surface area (Å²) in [5.41, 5.74) is 11.9. The van der Waals surface area contributed by atoms with E-state index in [1.807, 2.05) is 0 Å². The molecule has 0 unspecified atom stereocenters. The van der Waals surface area contributed by atoms with Crippen molar-refractivity contribution in [2.24, 2.45) is 11.5 Å². The van der Waals surface area contributed by atoms with E-state index in [-0.39, 0.29) is 12.8 Å². The maximum Gasteiger partial charge on any atom is 0.326 e. The van der Waals surface area contributed by atoms with E-state index < -0.39 is 73.2 Å². The highest BCUT2D eigenvalue weighted by molar-refractivity contribution is 5.93. The van der Waals surface area contributed by atoms with E-state index in [9.17, 15) is 28.8 Å². The molecule has 0 aliphatic rings. The Hall–Kier alpha value is -4.04. The van der Waals surface area contributed by atoms with Gasteiger partial charge >= 0.3 is 11.9 Å². The molecule has 3 atom stereocenters. The maximum absolute atomic E-state index is 12.8. The van der Waals surface area contributed by atoms with Gasteiger partial charge < -0.3 is 42.9 Å². The predicted octanol–water partition coefficient (Wildman–Crippen LogP) is -2.16. The largest absolute Gasteiger partial charge is 0.481 e. The summed E-state index contributed by atoms with van der Waals surface area (Å²) < 4.78 is 0. The number of carboxylic acid groups (broad SMARTS) is 2. The van der Waals surface area contributed by atoms with E-state index >= 15 is 0 Å². The number of rotatable bonds is 18. The number of unbranched alkanes of at least 4 members (excludes halogenated alkanes) is 1. The van der Waals surface area contributed by atoms with Crippen molar-refractivity contribution < 1.29 is 39.0 Å². The summed E-state index contributed by atoms with van der Waals surface area (Å²) in [6.07, 6.45) is 1.06. The molecule has 0 fully saturated rings. The van der Waals surface area contributed by atoms with Crippen LogP contribution >= 0.6 is 0 Å². The highest BCUT2D eigenvalue weighted by Gasteiger charge is 2.24. The van der Waals surface area contributed by atoms with Gasteiger partial charge in [-0.15, -0.1) is 0 Å². The molecule has 0 aromatic heterocycles. The first-order valence-electron chi connectivity index (χ1n) is 12.1. The fourth-order valence-electron chi connectivity index (χ4n) is 3.30. The first-order valence-corrected chi connectivity index (χ1v) is 12.1. The highest BCUT2D eigenvalue weighted by atomic mass is 16.4. The average Bonchev–Trinajstić information content (AvgIpc) is 2.88. The predicted molar refractivity (Wildman–Crippen MR) is 135 cm³/mol. The number of aliphatic carboxylic acids is 2. The van der Waals surface area contributed by atoms with Crippen molar-refractivity contribution >= 4 is 35.6 Å². The lowest BCUT2D eigenvalue weighted by Gasteiger charge is -2.20. The fraction of sp³-hybridized carbons (Fsp3) is 0.500. The Morgan fingerprint density at radius 2 is 1.37 bits per heavy atom. The minimum absolute atomic E-state index is 0.0724. The van der Waals surface area contributed by atoms with Gasteiger partial charge in [0.05, 0.1) is 19.1 Å². The molecule has 14 heteroatoms. The molecule has 0 heterocycles. The van der Waals surface area contributed by atoms with Crippen LogP contribution in [0.15, 0.2) is 30.3 Å². The average molecular weight is 537 g/mol. The van der Waals surface area contributed by atoms with Crippen LogP contribution in [-0.2, 0) is 35.2 Å². The molecule has 0 saturated heterocycles. The molecule has 10 N–H and O–H groups in total. The molecule has 4 amide bonds. The summed E-state index contributed by atoms with van der Waals surface area (Å²) in [5.74, 6) is -5.39. The van der Waals surface area contributed by atoms with Crippen LogP contribution in [0.5, 0.6) is 0 Å². The van der Waals surface area contributed by atoms with E-state index in [4.69, 9.17) is 21.7 Å². The van der Waals surface area contributed by atoms with Gasteiger partial charge in [0.25, 0.3) is 0 Å². The standard InChI is InChI=1S/C24H36N6O8/c25-11-5-4-8-16(26)22(35)27-13-20(32)30-18(12-15-6-2-1-3-7-15)23(36)28-14-19(31)29-17(24(37)38)9-10-21(33)34/h1-3,6-7,16-18H,4-5,8-14,25-26H2,(H,27,35)(H,28,36)(H,29,31)(H,30,32)(H,33,34)(H,37,38)/t16-,17-,18-/m0/s1. The van der Waals surface area contributed by atoms with Gasteiger partial charge in [-0.05, 0) is 31.4 Å². The Morgan fingerprint density at radius 3 is 1.92 bits per heavy atom. The van der Waals surface area contributed by atoms with Crippen molar-refractivity contribution in [1.82, 2.24) is 21.3 Å². The van der Waals surface area contributed by atoms with E-state index in [1.165, 1.54) is 0 Å². The number of hydrogen-bond acceptors (Lipinski definition) is 8. The number of carbonyl (C=O) groups is 6. The Bertz CT molecular complexity index is 958. The van der Waals surface area contributed by atoms with Crippen LogP contribution < -0.4 is 32.7 Å². The lowest BCUT2D eigenvalue weighted by atomic mass is 10.1. The highest BCUT2D eigenvalue weighted by Crippen LogP contribution is 2.04. The molecule has 14 nitrogen and oxygen atoms in total. The second-order valence-electron chi connectivity index (χ2n) is 8.53. The maximum atomic E-state index is 12.8. The zero-order valence-electron chi connectivity index (χ0n) is 21.0. The number of carbonyl (C=O) groups excluding carboxylic acids is 4. The van der Waals surface area contributed by atoms with E-state index in [2.05, 4.69) is 21.3 Å². The van der Waals surface area contributed by atoms with Crippen molar-refractivity contribution in [2.45, 2.75) is 56.7 Å². The third-order valence-corrected chi connectivity index (χ3v) is 5.37. The summed E-state index contributed by atoms with van der Waals surface area (Å²) >= 11 is 0.